The minimum absolute atomic E-state index is 0.116. The van der Waals surface area contributed by atoms with Crippen LogP contribution in [0.25, 0.3) is 0 Å². The van der Waals surface area contributed by atoms with E-state index in [1.54, 1.807) is 6.92 Å². The molecule has 0 bridgehead atoms. The van der Waals surface area contributed by atoms with E-state index in [0.717, 1.165) is 12.8 Å². The summed E-state index contributed by atoms with van der Waals surface area (Å²) in [6, 6.07) is 2.12. The van der Waals surface area contributed by atoms with Crippen molar-refractivity contribution < 1.29 is 8.42 Å². The maximum atomic E-state index is 11.4. The summed E-state index contributed by atoms with van der Waals surface area (Å²) < 4.78 is 24.3. The largest absolute Gasteiger partial charge is 0.213 e. The van der Waals surface area contributed by atoms with Crippen molar-refractivity contribution in [1.29, 1.82) is 5.26 Å². The molecule has 0 aromatic rings. The van der Waals surface area contributed by atoms with Gasteiger partial charge in [-0.3, -0.25) is 0 Å². The Balaban J connectivity index is 2.68. The van der Waals surface area contributed by atoms with Crippen LogP contribution in [-0.2, 0) is 10.0 Å². The van der Waals surface area contributed by atoms with E-state index in [9.17, 15) is 8.42 Å². The predicted molar refractivity (Wildman–Crippen MR) is 49.4 cm³/mol. The second-order valence-corrected chi connectivity index (χ2v) is 5.48. The molecule has 0 aromatic carbocycles. The van der Waals surface area contributed by atoms with Crippen LogP contribution in [0, 0.1) is 17.2 Å². The highest BCUT2D eigenvalue weighted by atomic mass is 32.2. The third kappa shape index (κ3) is 2.42. The Hall–Kier alpha value is -0.600. The van der Waals surface area contributed by atoms with Crippen LogP contribution in [0.15, 0.2) is 0 Å². The molecule has 1 aliphatic rings. The van der Waals surface area contributed by atoms with Crippen LogP contribution >= 0.6 is 0 Å². The molecule has 1 rings (SSSR count). The normalized spacial score (nSPS) is 25.4. The lowest BCUT2D eigenvalue weighted by Crippen LogP contribution is -2.40. The molecule has 4 nitrogen and oxygen atoms in total. The molecule has 0 amide bonds. The minimum atomic E-state index is -3.08. The average molecular weight is 202 g/mol. The van der Waals surface area contributed by atoms with Crippen LogP contribution in [-0.4, -0.2) is 31.6 Å². The summed E-state index contributed by atoms with van der Waals surface area (Å²) in [6.07, 6.45) is 1.63. The first kappa shape index (κ1) is 10.5. The highest BCUT2D eigenvalue weighted by Gasteiger charge is 2.27. The second-order valence-electron chi connectivity index (χ2n) is 3.23. The summed E-state index contributed by atoms with van der Waals surface area (Å²) in [6.45, 7) is 2.59. The zero-order valence-corrected chi connectivity index (χ0v) is 8.55. The van der Waals surface area contributed by atoms with Crippen molar-refractivity contribution in [3.63, 3.8) is 0 Å². The number of hydrogen-bond acceptors (Lipinski definition) is 3. The van der Waals surface area contributed by atoms with E-state index >= 15 is 0 Å². The molecule has 1 saturated heterocycles. The Bertz CT molecular complexity index is 305. The van der Waals surface area contributed by atoms with Gasteiger partial charge in [0.15, 0.2) is 0 Å². The number of piperidine rings is 1. The van der Waals surface area contributed by atoms with Gasteiger partial charge in [-0.15, -0.1) is 0 Å². The van der Waals surface area contributed by atoms with Crippen LogP contribution in [0.2, 0.25) is 0 Å². The molecule has 0 saturated carbocycles. The summed E-state index contributed by atoms with van der Waals surface area (Å²) in [4.78, 5) is 0. The fourth-order valence-corrected chi connectivity index (χ4v) is 2.66. The molecule has 0 spiro atoms. The van der Waals surface area contributed by atoms with Gasteiger partial charge in [-0.25, -0.2) is 12.7 Å². The van der Waals surface area contributed by atoms with E-state index in [-0.39, 0.29) is 11.7 Å². The molecule has 0 aliphatic carbocycles. The maximum absolute atomic E-state index is 11.4. The summed E-state index contributed by atoms with van der Waals surface area (Å²) in [5.74, 6) is 0.0144. The molecule has 5 heteroatoms. The van der Waals surface area contributed by atoms with Gasteiger partial charge in [-0.2, -0.15) is 5.26 Å². The molecule has 13 heavy (non-hydrogen) atoms. The monoisotopic (exact) mass is 202 g/mol. The Labute approximate surface area is 79.2 Å². The lowest BCUT2D eigenvalue weighted by atomic mass is 10.0. The molecule has 0 unspecified atom stereocenters. The Morgan fingerprint density at radius 3 is 2.85 bits per heavy atom. The number of rotatable bonds is 2. The van der Waals surface area contributed by atoms with Crippen molar-refractivity contribution in [2.24, 2.45) is 5.92 Å². The number of hydrogen-bond donors (Lipinski definition) is 0. The number of sulfonamides is 1. The highest BCUT2D eigenvalue weighted by Crippen LogP contribution is 2.18. The van der Waals surface area contributed by atoms with Crippen molar-refractivity contribution in [1.82, 2.24) is 4.31 Å². The van der Waals surface area contributed by atoms with Gasteiger partial charge in [0.25, 0.3) is 0 Å². The Morgan fingerprint density at radius 1 is 1.62 bits per heavy atom. The zero-order valence-electron chi connectivity index (χ0n) is 7.73. The first-order valence-electron chi connectivity index (χ1n) is 4.47. The highest BCUT2D eigenvalue weighted by molar-refractivity contribution is 7.89. The molecule has 0 N–H and O–H groups in total. The molecule has 1 aliphatic heterocycles. The van der Waals surface area contributed by atoms with Crippen molar-refractivity contribution in [2.45, 2.75) is 19.8 Å². The third-order valence-corrected chi connectivity index (χ3v) is 4.17. The van der Waals surface area contributed by atoms with E-state index in [1.807, 2.05) is 0 Å². The topological polar surface area (TPSA) is 61.2 Å². The van der Waals surface area contributed by atoms with Crippen LogP contribution in [0.1, 0.15) is 19.8 Å². The van der Waals surface area contributed by atoms with Gasteiger partial charge in [-0.05, 0) is 19.8 Å². The van der Waals surface area contributed by atoms with Gasteiger partial charge in [-0.1, -0.05) is 0 Å². The van der Waals surface area contributed by atoms with Crippen LogP contribution in [0.4, 0.5) is 0 Å². The third-order valence-electron chi connectivity index (χ3n) is 2.32. The predicted octanol–water partition coefficient (Wildman–Crippen LogP) is 0.572. The Morgan fingerprint density at radius 2 is 2.31 bits per heavy atom. The molecule has 1 heterocycles. The fourth-order valence-electron chi connectivity index (χ4n) is 1.48. The van der Waals surface area contributed by atoms with E-state index in [2.05, 4.69) is 6.07 Å². The summed E-state index contributed by atoms with van der Waals surface area (Å²) in [5, 5.41) is 8.68. The van der Waals surface area contributed by atoms with E-state index in [0.29, 0.717) is 13.1 Å². The quantitative estimate of drug-likeness (QED) is 0.657. The van der Waals surface area contributed by atoms with Crippen molar-refractivity contribution in [2.75, 3.05) is 18.8 Å². The molecule has 1 atom stereocenters. The summed E-state index contributed by atoms with van der Waals surface area (Å²) >= 11 is 0. The lowest BCUT2D eigenvalue weighted by Gasteiger charge is -2.28. The SMILES string of the molecule is CCS(=O)(=O)N1CCC[C@H](C#N)C1. The summed E-state index contributed by atoms with van der Waals surface area (Å²) in [7, 11) is -3.08. The maximum Gasteiger partial charge on any atom is 0.213 e. The first-order chi connectivity index (χ1) is 6.10. The fraction of sp³-hybridized carbons (Fsp3) is 0.875. The van der Waals surface area contributed by atoms with E-state index in [4.69, 9.17) is 5.26 Å². The van der Waals surface area contributed by atoms with Gasteiger partial charge >= 0.3 is 0 Å². The van der Waals surface area contributed by atoms with Crippen LogP contribution < -0.4 is 0 Å². The lowest BCUT2D eigenvalue weighted by molar-refractivity contribution is 0.305. The average Bonchev–Trinajstić information content (AvgIpc) is 2.18. The summed E-state index contributed by atoms with van der Waals surface area (Å²) in [5.41, 5.74) is 0. The van der Waals surface area contributed by atoms with Gasteiger partial charge in [0, 0.05) is 13.1 Å². The molecular weight excluding hydrogens is 188 g/mol. The van der Waals surface area contributed by atoms with Crippen LogP contribution in [0.5, 0.6) is 0 Å². The van der Waals surface area contributed by atoms with Gasteiger partial charge in [0.1, 0.15) is 0 Å². The molecular formula is C8H14N2O2S. The Kier molecular flexibility index (Phi) is 3.28. The smallest absolute Gasteiger partial charge is 0.212 e. The molecule has 0 radical (unpaired) electrons. The van der Waals surface area contributed by atoms with Crippen molar-refractivity contribution in [3.05, 3.63) is 0 Å². The van der Waals surface area contributed by atoms with E-state index < -0.39 is 10.0 Å². The van der Waals surface area contributed by atoms with E-state index in [1.165, 1.54) is 4.31 Å². The van der Waals surface area contributed by atoms with Gasteiger partial charge in [0.2, 0.25) is 10.0 Å². The molecule has 1 fully saturated rings. The van der Waals surface area contributed by atoms with Crippen molar-refractivity contribution in [3.8, 4) is 6.07 Å². The number of nitrogens with zero attached hydrogens (tertiary/aromatic N) is 2. The molecule has 0 aromatic heterocycles. The number of nitriles is 1. The van der Waals surface area contributed by atoms with Crippen LogP contribution in [0.3, 0.4) is 0 Å². The van der Waals surface area contributed by atoms with Gasteiger partial charge in [0.05, 0.1) is 17.7 Å². The van der Waals surface area contributed by atoms with Gasteiger partial charge < -0.3 is 0 Å². The van der Waals surface area contributed by atoms with Crippen molar-refractivity contribution >= 4 is 10.0 Å². The second kappa shape index (κ2) is 4.07. The minimum Gasteiger partial charge on any atom is -0.212 e. The first-order valence-corrected chi connectivity index (χ1v) is 6.08. The standard InChI is InChI=1S/C8H14N2O2S/c1-2-13(11,12)10-5-3-4-8(6-9)7-10/h8H,2-5,7H2,1H3/t8-/m1/s1. The molecule has 74 valence electrons. The zero-order chi connectivity index (χ0) is 9.90.